The van der Waals surface area contributed by atoms with Crippen molar-refractivity contribution in [2.24, 2.45) is 5.73 Å². The minimum Gasteiger partial charge on any atom is -0.454 e. The van der Waals surface area contributed by atoms with Gasteiger partial charge in [0.05, 0.1) is 19.1 Å². The van der Waals surface area contributed by atoms with Crippen molar-refractivity contribution >= 4 is 11.8 Å². The zero-order valence-corrected chi connectivity index (χ0v) is 12.2. The summed E-state index contributed by atoms with van der Waals surface area (Å²) in [6.07, 6.45) is 1.84. The number of nitrogens with two attached hydrogens (primary N) is 1. The van der Waals surface area contributed by atoms with Gasteiger partial charge in [-0.1, -0.05) is 6.07 Å². The number of likely N-dealkylation sites (tertiary alicyclic amines) is 1. The van der Waals surface area contributed by atoms with Crippen molar-refractivity contribution < 1.29 is 19.1 Å². The SMILES string of the molecule is NCC(=O)NCC(=O)N1CCCC1c1ccc2c(c1)OCO2. The summed E-state index contributed by atoms with van der Waals surface area (Å²) in [5.74, 6) is 1.03. The van der Waals surface area contributed by atoms with Crippen molar-refractivity contribution in [2.45, 2.75) is 18.9 Å². The van der Waals surface area contributed by atoms with Crippen molar-refractivity contribution in [2.75, 3.05) is 26.4 Å². The van der Waals surface area contributed by atoms with E-state index in [-0.39, 0.29) is 37.7 Å². The van der Waals surface area contributed by atoms with Gasteiger partial charge in [-0.2, -0.15) is 0 Å². The summed E-state index contributed by atoms with van der Waals surface area (Å²) < 4.78 is 10.7. The van der Waals surface area contributed by atoms with E-state index in [1.807, 2.05) is 18.2 Å². The van der Waals surface area contributed by atoms with Crippen LogP contribution in [0.15, 0.2) is 18.2 Å². The number of carbonyl (C=O) groups is 2. The van der Waals surface area contributed by atoms with Gasteiger partial charge >= 0.3 is 0 Å². The van der Waals surface area contributed by atoms with Gasteiger partial charge in [-0.3, -0.25) is 9.59 Å². The average molecular weight is 305 g/mol. The maximum atomic E-state index is 12.3. The van der Waals surface area contributed by atoms with Crippen LogP contribution in [0.3, 0.4) is 0 Å². The molecule has 0 saturated carbocycles. The van der Waals surface area contributed by atoms with Gasteiger partial charge in [0.15, 0.2) is 11.5 Å². The van der Waals surface area contributed by atoms with Crippen molar-refractivity contribution in [1.82, 2.24) is 10.2 Å². The molecule has 7 heteroatoms. The van der Waals surface area contributed by atoms with E-state index in [0.29, 0.717) is 12.3 Å². The predicted octanol–water partition coefficient (Wildman–Crippen LogP) is 0.154. The molecule has 1 aromatic carbocycles. The molecule has 0 aromatic heterocycles. The fourth-order valence-corrected chi connectivity index (χ4v) is 2.88. The highest BCUT2D eigenvalue weighted by atomic mass is 16.7. The maximum absolute atomic E-state index is 12.3. The molecule has 2 aliphatic rings. The molecular weight excluding hydrogens is 286 g/mol. The highest BCUT2D eigenvalue weighted by Crippen LogP contribution is 2.38. The fourth-order valence-electron chi connectivity index (χ4n) is 2.88. The van der Waals surface area contributed by atoms with Gasteiger partial charge in [-0.15, -0.1) is 0 Å². The number of nitrogens with one attached hydrogen (secondary N) is 1. The Morgan fingerprint density at radius 1 is 1.32 bits per heavy atom. The minimum atomic E-state index is -0.327. The summed E-state index contributed by atoms with van der Waals surface area (Å²) in [5.41, 5.74) is 6.25. The smallest absolute Gasteiger partial charge is 0.242 e. The number of amides is 2. The third-order valence-electron chi connectivity index (χ3n) is 3.98. The average Bonchev–Trinajstić information content (AvgIpc) is 3.19. The molecule has 1 fully saturated rings. The van der Waals surface area contributed by atoms with Crippen molar-refractivity contribution in [3.8, 4) is 11.5 Å². The number of nitrogens with zero attached hydrogens (tertiary/aromatic N) is 1. The first-order chi connectivity index (χ1) is 10.7. The molecule has 1 saturated heterocycles. The Kier molecular flexibility index (Phi) is 4.15. The number of rotatable bonds is 4. The standard InChI is InChI=1S/C15H19N3O4/c16-7-14(19)17-8-15(20)18-5-1-2-11(18)10-3-4-12-13(6-10)22-9-21-12/h3-4,6,11H,1-2,5,7-9,16H2,(H,17,19). The molecular formula is C15H19N3O4. The maximum Gasteiger partial charge on any atom is 0.242 e. The normalized spacial score (nSPS) is 19.3. The zero-order chi connectivity index (χ0) is 15.5. The summed E-state index contributed by atoms with van der Waals surface area (Å²) >= 11 is 0. The molecule has 3 N–H and O–H groups in total. The van der Waals surface area contributed by atoms with Crippen LogP contribution in [0.2, 0.25) is 0 Å². The molecule has 0 aliphatic carbocycles. The monoisotopic (exact) mass is 305 g/mol. The Morgan fingerprint density at radius 3 is 2.95 bits per heavy atom. The lowest BCUT2D eigenvalue weighted by atomic mass is 10.0. The molecule has 3 rings (SSSR count). The second-order valence-electron chi connectivity index (χ2n) is 5.34. The van der Waals surface area contributed by atoms with Crippen LogP contribution in [0.4, 0.5) is 0 Å². The predicted molar refractivity (Wildman–Crippen MR) is 78.3 cm³/mol. The van der Waals surface area contributed by atoms with E-state index in [0.717, 1.165) is 24.2 Å². The van der Waals surface area contributed by atoms with Crippen LogP contribution in [0.5, 0.6) is 11.5 Å². The largest absolute Gasteiger partial charge is 0.454 e. The van der Waals surface area contributed by atoms with Gasteiger partial charge in [-0.25, -0.2) is 0 Å². The molecule has 0 radical (unpaired) electrons. The molecule has 2 heterocycles. The number of fused-ring (bicyclic) bond motifs is 1. The van der Waals surface area contributed by atoms with E-state index < -0.39 is 0 Å². The lowest BCUT2D eigenvalue weighted by Crippen LogP contribution is -2.41. The minimum absolute atomic E-state index is 0.0109. The highest BCUT2D eigenvalue weighted by Gasteiger charge is 2.30. The van der Waals surface area contributed by atoms with Crippen LogP contribution in [0.1, 0.15) is 24.4 Å². The van der Waals surface area contributed by atoms with Crippen LogP contribution < -0.4 is 20.5 Å². The second kappa shape index (κ2) is 6.23. The number of carbonyl (C=O) groups excluding carboxylic acids is 2. The van der Waals surface area contributed by atoms with Crippen molar-refractivity contribution in [3.63, 3.8) is 0 Å². The van der Waals surface area contributed by atoms with Crippen LogP contribution in [-0.2, 0) is 9.59 Å². The summed E-state index contributed by atoms with van der Waals surface area (Å²) in [6.45, 7) is 0.795. The quantitative estimate of drug-likeness (QED) is 0.826. The van der Waals surface area contributed by atoms with E-state index in [9.17, 15) is 9.59 Å². The number of hydrogen-bond acceptors (Lipinski definition) is 5. The summed E-state index contributed by atoms with van der Waals surface area (Å²) in [4.78, 5) is 25.3. The first kappa shape index (κ1) is 14.6. The van der Waals surface area contributed by atoms with Gasteiger partial charge < -0.3 is 25.4 Å². The Hall–Kier alpha value is -2.28. The first-order valence-corrected chi connectivity index (χ1v) is 7.35. The van der Waals surface area contributed by atoms with Gasteiger partial charge in [0.1, 0.15) is 0 Å². The van der Waals surface area contributed by atoms with Crippen LogP contribution in [0.25, 0.3) is 0 Å². The summed E-state index contributed by atoms with van der Waals surface area (Å²) in [7, 11) is 0. The topological polar surface area (TPSA) is 93.9 Å². The Bertz CT molecular complexity index is 590. The van der Waals surface area contributed by atoms with Crippen LogP contribution in [0, 0.1) is 0 Å². The van der Waals surface area contributed by atoms with Gasteiger partial charge in [0.2, 0.25) is 18.6 Å². The molecule has 1 unspecified atom stereocenters. The summed E-state index contributed by atoms with van der Waals surface area (Å²) in [5, 5.41) is 2.52. The van der Waals surface area contributed by atoms with Crippen molar-refractivity contribution in [1.29, 1.82) is 0 Å². The molecule has 22 heavy (non-hydrogen) atoms. The molecule has 1 aromatic rings. The van der Waals surface area contributed by atoms with Gasteiger partial charge in [-0.05, 0) is 30.5 Å². The molecule has 7 nitrogen and oxygen atoms in total. The van der Waals surface area contributed by atoms with Crippen LogP contribution in [-0.4, -0.2) is 43.1 Å². The number of hydrogen-bond donors (Lipinski definition) is 2. The van der Waals surface area contributed by atoms with E-state index in [4.69, 9.17) is 15.2 Å². The molecule has 2 aliphatic heterocycles. The fraction of sp³-hybridized carbons (Fsp3) is 0.467. The van der Waals surface area contributed by atoms with Crippen molar-refractivity contribution in [3.05, 3.63) is 23.8 Å². The molecule has 118 valence electrons. The third kappa shape index (κ3) is 2.85. The van der Waals surface area contributed by atoms with E-state index >= 15 is 0 Å². The highest BCUT2D eigenvalue weighted by molar-refractivity contribution is 5.85. The Balaban J connectivity index is 1.70. The molecule has 0 spiro atoms. The van der Waals surface area contributed by atoms with Gasteiger partial charge in [0, 0.05) is 6.54 Å². The van der Waals surface area contributed by atoms with Crippen LogP contribution >= 0.6 is 0 Å². The zero-order valence-electron chi connectivity index (χ0n) is 12.2. The lowest BCUT2D eigenvalue weighted by molar-refractivity contribution is -0.133. The van der Waals surface area contributed by atoms with Gasteiger partial charge in [0.25, 0.3) is 0 Å². The number of benzene rings is 1. The Morgan fingerprint density at radius 2 is 2.14 bits per heavy atom. The summed E-state index contributed by atoms with van der Waals surface area (Å²) in [6, 6.07) is 5.77. The second-order valence-corrected chi connectivity index (χ2v) is 5.34. The first-order valence-electron chi connectivity index (χ1n) is 7.35. The molecule has 2 amide bonds. The number of ether oxygens (including phenoxy) is 2. The van der Waals surface area contributed by atoms with E-state index in [1.165, 1.54) is 0 Å². The lowest BCUT2D eigenvalue weighted by Gasteiger charge is -2.25. The van der Waals surface area contributed by atoms with E-state index in [1.54, 1.807) is 4.90 Å². The van der Waals surface area contributed by atoms with E-state index in [2.05, 4.69) is 5.32 Å². The molecule has 1 atom stereocenters. The molecule has 0 bridgehead atoms. The third-order valence-corrected chi connectivity index (χ3v) is 3.98. The Labute approximate surface area is 128 Å².